The van der Waals surface area contributed by atoms with E-state index in [1.807, 2.05) is 19.3 Å². The zero-order valence-electron chi connectivity index (χ0n) is 8.23. The van der Waals surface area contributed by atoms with Gasteiger partial charge in [-0.05, 0) is 11.8 Å². The second kappa shape index (κ2) is 5.70. The molecular weight excluding hydrogens is 198 g/mol. The van der Waals surface area contributed by atoms with Crippen LogP contribution >= 0.6 is 12.6 Å². The average Bonchev–Trinajstić information content (AvgIpc) is 2.52. The van der Waals surface area contributed by atoms with Crippen LogP contribution in [0.4, 0.5) is 0 Å². The summed E-state index contributed by atoms with van der Waals surface area (Å²) in [5.74, 6) is 0.644. The third-order valence-corrected chi connectivity index (χ3v) is 2.03. The Morgan fingerprint density at radius 2 is 2.50 bits per heavy atom. The molecule has 0 unspecified atom stereocenters. The first-order valence-corrected chi connectivity index (χ1v) is 5.21. The van der Waals surface area contributed by atoms with Crippen molar-refractivity contribution < 1.29 is 4.79 Å². The van der Waals surface area contributed by atoms with Gasteiger partial charge in [-0.2, -0.15) is 17.7 Å². The molecular formula is C9H15N3OS. The molecule has 0 atom stereocenters. The van der Waals surface area contributed by atoms with Crippen molar-refractivity contribution in [1.82, 2.24) is 15.1 Å². The molecule has 14 heavy (non-hydrogen) atoms. The number of nitrogens with zero attached hydrogens (tertiary/aromatic N) is 2. The van der Waals surface area contributed by atoms with Crippen LogP contribution in [0, 0.1) is 0 Å². The van der Waals surface area contributed by atoms with Crippen molar-refractivity contribution in [3.05, 3.63) is 18.0 Å². The predicted octanol–water partition coefficient (Wildman–Crippen LogP) is 0.399. The van der Waals surface area contributed by atoms with E-state index in [0.717, 1.165) is 12.1 Å². The van der Waals surface area contributed by atoms with Gasteiger partial charge in [0.25, 0.3) is 0 Å². The molecule has 0 saturated heterocycles. The third-order valence-electron chi connectivity index (χ3n) is 1.81. The predicted molar refractivity (Wildman–Crippen MR) is 58.4 cm³/mol. The van der Waals surface area contributed by atoms with Crippen molar-refractivity contribution in [2.45, 2.75) is 12.8 Å². The van der Waals surface area contributed by atoms with E-state index < -0.39 is 0 Å². The first kappa shape index (κ1) is 11.1. The molecule has 0 aliphatic heterocycles. The summed E-state index contributed by atoms with van der Waals surface area (Å²) in [7, 11) is 1.88. The van der Waals surface area contributed by atoms with E-state index in [1.165, 1.54) is 0 Å². The summed E-state index contributed by atoms with van der Waals surface area (Å²) in [6.07, 6.45) is 3.15. The van der Waals surface area contributed by atoms with Crippen molar-refractivity contribution in [3.8, 4) is 0 Å². The lowest BCUT2D eigenvalue weighted by Gasteiger charge is -2.01. The van der Waals surface area contributed by atoms with Crippen LogP contribution in [-0.4, -0.2) is 28.0 Å². The number of thiol groups is 1. The summed E-state index contributed by atoms with van der Waals surface area (Å²) in [5, 5.41) is 7.01. The molecule has 5 heteroatoms. The van der Waals surface area contributed by atoms with E-state index in [9.17, 15) is 4.79 Å². The molecule has 1 rings (SSSR count). The summed E-state index contributed by atoms with van der Waals surface area (Å²) < 4.78 is 1.75. The highest BCUT2D eigenvalue weighted by Crippen LogP contribution is 1.94. The Hall–Kier alpha value is -0.970. The van der Waals surface area contributed by atoms with Gasteiger partial charge in [-0.15, -0.1) is 0 Å². The van der Waals surface area contributed by atoms with Crippen LogP contribution in [0.1, 0.15) is 12.1 Å². The highest BCUT2D eigenvalue weighted by molar-refractivity contribution is 7.80. The van der Waals surface area contributed by atoms with Crippen LogP contribution in [-0.2, 0) is 18.3 Å². The number of aromatic nitrogens is 2. The Kier molecular flexibility index (Phi) is 4.52. The maximum absolute atomic E-state index is 11.1. The summed E-state index contributed by atoms with van der Waals surface area (Å²) >= 11 is 3.98. The Bertz CT molecular complexity index is 298. The molecule has 0 fully saturated rings. The molecule has 0 saturated carbocycles. The third kappa shape index (κ3) is 3.83. The number of hydrogen-bond acceptors (Lipinski definition) is 3. The number of carbonyl (C=O) groups is 1. The minimum atomic E-state index is 0.0518. The fraction of sp³-hybridized carbons (Fsp3) is 0.556. The molecule has 1 aromatic heterocycles. The van der Waals surface area contributed by atoms with Gasteiger partial charge in [0.15, 0.2) is 0 Å². The molecule has 0 radical (unpaired) electrons. The quantitative estimate of drug-likeness (QED) is 0.695. The lowest BCUT2D eigenvalue weighted by molar-refractivity contribution is -0.120. The first-order chi connectivity index (χ1) is 6.72. The molecule has 1 N–H and O–H groups in total. The summed E-state index contributed by atoms with van der Waals surface area (Å²) in [5.41, 5.74) is 0.999. The number of hydrogen-bond donors (Lipinski definition) is 2. The molecule has 78 valence electrons. The van der Waals surface area contributed by atoms with Crippen molar-refractivity contribution >= 4 is 18.5 Å². The van der Waals surface area contributed by atoms with E-state index in [4.69, 9.17) is 0 Å². The minimum absolute atomic E-state index is 0.0518. The van der Waals surface area contributed by atoms with Gasteiger partial charge in [-0.3, -0.25) is 9.48 Å². The fourth-order valence-electron chi connectivity index (χ4n) is 1.12. The highest BCUT2D eigenvalue weighted by atomic mass is 32.1. The van der Waals surface area contributed by atoms with Gasteiger partial charge in [0, 0.05) is 32.6 Å². The lowest BCUT2D eigenvalue weighted by atomic mass is 10.3. The molecule has 0 aliphatic carbocycles. The summed E-state index contributed by atoms with van der Waals surface area (Å²) in [4.78, 5) is 11.1. The van der Waals surface area contributed by atoms with Gasteiger partial charge in [0.05, 0.1) is 5.69 Å². The van der Waals surface area contributed by atoms with Crippen molar-refractivity contribution in [2.24, 2.45) is 7.05 Å². The van der Waals surface area contributed by atoms with E-state index >= 15 is 0 Å². The maximum atomic E-state index is 11.1. The zero-order valence-corrected chi connectivity index (χ0v) is 9.13. The van der Waals surface area contributed by atoms with Crippen LogP contribution in [0.5, 0.6) is 0 Å². The zero-order chi connectivity index (χ0) is 10.4. The Morgan fingerprint density at radius 1 is 1.71 bits per heavy atom. The second-order valence-electron chi connectivity index (χ2n) is 3.05. The van der Waals surface area contributed by atoms with Gasteiger partial charge < -0.3 is 5.32 Å². The Labute approximate surface area is 89.1 Å². The van der Waals surface area contributed by atoms with E-state index in [0.29, 0.717) is 18.7 Å². The smallest absolute Gasteiger partial charge is 0.220 e. The topological polar surface area (TPSA) is 46.9 Å². The van der Waals surface area contributed by atoms with E-state index in [-0.39, 0.29) is 5.91 Å². The van der Waals surface area contributed by atoms with Crippen LogP contribution in [0.2, 0.25) is 0 Å². The SMILES string of the molecule is Cn1ccc(CCNC(=O)CCS)n1. The number of rotatable bonds is 5. The van der Waals surface area contributed by atoms with Gasteiger partial charge in [-0.1, -0.05) is 0 Å². The van der Waals surface area contributed by atoms with Gasteiger partial charge in [0.2, 0.25) is 5.91 Å². The number of aryl methyl sites for hydroxylation is 1. The van der Waals surface area contributed by atoms with Gasteiger partial charge >= 0.3 is 0 Å². The molecule has 1 aromatic rings. The molecule has 0 bridgehead atoms. The minimum Gasteiger partial charge on any atom is -0.356 e. The normalized spacial score (nSPS) is 10.1. The van der Waals surface area contributed by atoms with Crippen molar-refractivity contribution in [1.29, 1.82) is 0 Å². The molecule has 0 aliphatic rings. The molecule has 4 nitrogen and oxygen atoms in total. The highest BCUT2D eigenvalue weighted by Gasteiger charge is 2.00. The van der Waals surface area contributed by atoms with Gasteiger partial charge in [0.1, 0.15) is 0 Å². The Morgan fingerprint density at radius 3 is 3.07 bits per heavy atom. The van der Waals surface area contributed by atoms with Gasteiger partial charge in [-0.25, -0.2) is 0 Å². The van der Waals surface area contributed by atoms with Crippen molar-refractivity contribution in [2.75, 3.05) is 12.3 Å². The fourth-order valence-corrected chi connectivity index (χ4v) is 1.32. The molecule has 0 spiro atoms. The van der Waals surface area contributed by atoms with E-state index in [1.54, 1.807) is 4.68 Å². The first-order valence-electron chi connectivity index (χ1n) is 4.58. The number of nitrogens with one attached hydrogen (secondary N) is 1. The second-order valence-corrected chi connectivity index (χ2v) is 3.50. The van der Waals surface area contributed by atoms with Crippen LogP contribution in [0.25, 0.3) is 0 Å². The monoisotopic (exact) mass is 213 g/mol. The largest absolute Gasteiger partial charge is 0.356 e. The molecule has 1 heterocycles. The summed E-state index contributed by atoms with van der Waals surface area (Å²) in [6, 6.07) is 1.95. The van der Waals surface area contributed by atoms with Crippen LogP contribution < -0.4 is 5.32 Å². The van der Waals surface area contributed by atoms with E-state index in [2.05, 4.69) is 23.0 Å². The van der Waals surface area contributed by atoms with Crippen LogP contribution in [0.3, 0.4) is 0 Å². The molecule has 0 aromatic carbocycles. The summed E-state index contributed by atoms with van der Waals surface area (Å²) in [6.45, 7) is 0.642. The standard InChI is InChI=1S/C9H15N3OS/c1-12-6-3-8(11-12)2-5-10-9(13)4-7-14/h3,6,14H,2,4-5,7H2,1H3,(H,10,13). The Balaban J connectivity index is 2.18. The van der Waals surface area contributed by atoms with Crippen LogP contribution in [0.15, 0.2) is 12.3 Å². The number of amides is 1. The lowest BCUT2D eigenvalue weighted by Crippen LogP contribution is -2.25. The molecule has 1 amide bonds. The average molecular weight is 213 g/mol. The maximum Gasteiger partial charge on any atom is 0.220 e. The van der Waals surface area contributed by atoms with Crippen molar-refractivity contribution in [3.63, 3.8) is 0 Å². The number of carbonyl (C=O) groups excluding carboxylic acids is 1.